The van der Waals surface area contributed by atoms with Gasteiger partial charge in [-0.3, -0.25) is 14.2 Å². The van der Waals surface area contributed by atoms with Crippen LogP contribution in [0.4, 0.5) is 0 Å². The Morgan fingerprint density at radius 2 is 0.753 bits per heavy atom. The zero-order valence-corrected chi connectivity index (χ0v) is 52.8. The summed E-state index contributed by atoms with van der Waals surface area (Å²) in [4.78, 5) is 40.0. The van der Waals surface area contributed by atoms with E-state index in [2.05, 4.69) is 50.4 Å². The van der Waals surface area contributed by atoms with Crippen LogP contribution in [0.3, 0.4) is 0 Å². The maximum Gasteiger partial charge on any atom is 0.306 e. The number of rotatable bonds is 61. The number of likely N-dealkylation sites (N-methyl/N-ethyl adjacent to an activating group) is 1. The number of ether oxygens (including phenoxy) is 1. The van der Waals surface area contributed by atoms with Gasteiger partial charge in [0, 0.05) is 12.8 Å². The Morgan fingerprint density at radius 3 is 1.12 bits per heavy atom. The summed E-state index contributed by atoms with van der Waals surface area (Å²) in [6.07, 6.45) is 69.8. The number of esters is 1. The van der Waals surface area contributed by atoms with Gasteiger partial charge in [-0.25, -0.2) is 0 Å². The molecule has 0 aliphatic rings. The highest BCUT2D eigenvalue weighted by Gasteiger charge is 2.27. The second-order valence-corrected chi connectivity index (χ2v) is 25.4. The van der Waals surface area contributed by atoms with Gasteiger partial charge in [0.2, 0.25) is 5.91 Å². The summed E-state index contributed by atoms with van der Waals surface area (Å²) >= 11 is 0. The lowest BCUT2D eigenvalue weighted by Gasteiger charge is -2.30. The summed E-state index contributed by atoms with van der Waals surface area (Å²) in [5, 5.41) is 3.04. The number of carbonyl (C=O) groups is 2. The molecule has 3 atom stereocenters. The Bertz CT molecular complexity index is 1410. The van der Waals surface area contributed by atoms with Gasteiger partial charge in [0.25, 0.3) is 7.82 Å². The molecule has 77 heavy (non-hydrogen) atoms. The molecule has 3 unspecified atom stereocenters. The van der Waals surface area contributed by atoms with Gasteiger partial charge in [-0.15, -0.1) is 0 Å². The third-order valence-corrected chi connectivity index (χ3v) is 16.0. The van der Waals surface area contributed by atoms with E-state index in [4.69, 9.17) is 13.8 Å². The number of nitrogens with zero attached hydrogens (tertiary/aromatic N) is 1. The van der Waals surface area contributed by atoms with Crippen molar-refractivity contribution in [1.29, 1.82) is 0 Å². The van der Waals surface area contributed by atoms with Crippen molar-refractivity contribution in [1.82, 2.24) is 5.32 Å². The van der Waals surface area contributed by atoms with E-state index in [0.717, 1.165) is 64.2 Å². The maximum absolute atomic E-state index is 13.6. The van der Waals surface area contributed by atoms with Gasteiger partial charge in [-0.2, -0.15) is 0 Å². The summed E-state index contributed by atoms with van der Waals surface area (Å²) in [7, 11) is 1.19. The van der Waals surface area contributed by atoms with E-state index in [9.17, 15) is 19.0 Å². The van der Waals surface area contributed by atoms with Crippen LogP contribution in [0.2, 0.25) is 0 Å². The first kappa shape index (κ1) is 75.2. The lowest BCUT2D eigenvalue weighted by atomic mass is 10.0. The van der Waals surface area contributed by atoms with Crippen LogP contribution in [0.1, 0.15) is 329 Å². The maximum atomic E-state index is 13.6. The van der Waals surface area contributed by atoms with Gasteiger partial charge in [0.1, 0.15) is 19.3 Å². The van der Waals surface area contributed by atoms with Crippen molar-refractivity contribution < 1.29 is 37.3 Å². The fourth-order valence-electron chi connectivity index (χ4n) is 9.87. The molecular weight excluding hydrogens is 976 g/mol. The van der Waals surface area contributed by atoms with E-state index in [1.165, 1.54) is 225 Å². The zero-order valence-electron chi connectivity index (χ0n) is 51.9. The number of quaternary nitrogens is 1. The van der Waals surface area contributed by atoms with Crippen LogP contribution in [-0.2, 0) is 27.9 Å². The van der Waals surface area contributed by atoms with E-state index in [1.54, 1.807) is 0 Å². The summed E-state index contributed by atoms with van der Waals surface area (Å²) in [6.45, 7) is 6.86. The molecule has 454 valence electrons. The number of phosphoric ester groups is 1. The molecule has 0 spiro atoms. The Kier molecular flexibility index (Phi) is 56.1. The van der Waals surface area contributed by atoms with Crippen LogP contribution in [0.15, 0.2) is 36.5 Å². The number of hydrogen-bond donors (Lipinski definition) is 1. The van der Waals surface area contributed by atoms with Gasteiger partial charge in [0.15, 0.2) is 0 Å². The van der Waals surface area contributed by atoms with Crippen molar-refractivity contribution in [3.63, 3.8) is 0 Å². The molecule has 0 aromatic rings. The van der Waals surface area contributed by atoms with Crippen molar-refractivity contribution in [3.05, 3.63) is 36.5 Å². The number of amides is 1. The molecule has 0 heterocycles. The minimum absolute atomic E-state index is 0.0222. The van der Waals surface area contributed by atoms with Crippen LogP contribution in [-0.4, -0.2) is 69.4 Å². The molecule has 0 aliphatic carbocycles. The fraction of sp³-hybridized carbons (Fsp3) is 0.881. The molecule has 0 fully saturated rings. The fourth-order valence-corrected chi connectivity index (χ4v) is 10.6. The van der Waals surface area contributed by atoms with Crippen LogP contribution in [0.25, 0.3) is 0 Å². The van der Waals surface area contributed by atoms with Gasteiger partial charge in [-0.1, -0.05) is 269 Å². The Balaban J connectivity index is 5.07. The number of phosphoric acid groups is 1. The Hall–Kier alpha value is -1.77. The second-order valence-electron chi connectivity index (χ2n) is 24.0. The second kappa shape index (κ2) is 57.5. The molecule has 0 saturated carbocycles. The number of carbonyl (C=O) groups excluding carboxylic acids is 2. The van der Waals surface area contributed by atoms with E-state index in [-0.39, 0.29) is 31.5 Å². The normalized spacial score (nSPS) is 13.8. The number of hydrogen-bond acceptors (Lipinski definition) is 7. The third-order valence-electron chi connectivity index (χ3n) is 15.0. The van der Waals surface area contributed by atoms with Crippen LogP contribution in [0.5, 0.6) is 0 Å². The van der Waals surface area contributed by atoms with Crippen molar-refractivity contribution in [2.45, 2.75) is 341 Å². The first-order chi connectivity index (χ1) is 37.4. The molecule has 0 aromatic carbocycles. The summed E-state index contributed by atoms with van der Waals surface area (Å²) in [5.41, 5.74) is 0. The molecule has 9 nitrogen and oxygen atoms in total. The number of nitrogens with one attached hydrogen (secondary N) is 1. The molecule has 0 aliphatic heterocycles. The number of allylic oxidation sites excluding steroid dienone is 5. The SMILES string of the molecule is CCCCCCCC/C=C\CCCCCC(=O)OC(/C=C\CCCCCCCCCCCCC)C(COP(=O)([O-])OCC[N+](C)(C)C)NC(=O)CCCCCCCCCCCCCCCCC/C=C/CCCCCCCC. The quantitative estimate of drug-likeness (QED) is 0.0212. The molecule has 0 saturated heterocycles. The van der Waals surface area contributed by atoms with E-state index >= 15 is 0 Å². The lowest BCUT2D eigenvalue weighted by molar-refractivity contribution is -0.870. The summed E-state index contributed by atoms with van der Waals surface area (Å²) in [6, 6.07) is -0.891. The zero-order chi connectivity index (χ0) is 56.4. The molecular formula is C67H129N2O7P. The average Bonchev–Trinajstić information content (AvgIpc) is 3.39. The minimum Gasteiger partial charge on any atom is -0.756 e. The van der Waals surface area contributed by atoms with E-state index < -0.39 is 20.0 Å². The molecule has 0 radical (unpaired) electrons. The summed E-state index contributed by atoms with van der Waals surface area (Å²) in [5.74, 6) is -0.545. The Morgan fingerprint density at radius 1 is 0.442 bits per heavy atom. The van der Waals surface area contributed by atoms with Crippen LogP contribution >= 0.6 is 7.82 Å². The highest BCUT2D eigenvalue weighted by atomic mass is 31.2. The molecule has 0 rings (SSSR count). The van der Waals surface area contributed by atoms with Crippen molar-refractivity contribution in [2.24, 2.45) is 0 Å². The van der Waals surface area contributed by atoms with Crippen molar-refractivity contribution >= 4 is 19.7 Å². The lowest BCUT2D eigenvalue weighted by Crippen LogP contribution is -2.47. The smallest absolute Gasteiger partial charge is 0.306 e. The van der Waals surface area contributed by atoms with Gasteiger partial charge >= 0.3 is 5.97 Å². The van der Waals surface area contributed by atoms with Crippen LogP contribution < -0.4 is 10.2 Å². The van der Waals surface area contributed by atoms with Gasteiger partial charge in [-0.05, 0) is 83.1 Å². The van der Waals surface area contributed by atoms with Crippen LogP contribution in [0, 0.1) is 0 Å². The van der Waals surface area contributed by atoms with E-state index in [0.29, 0.717) is 23.9 Å². The molecule has 1 amide bonds. The number of unbranched alkanes of at least 4 members (excludes halogenated alkanes) is 41. The topological polar surface area (TPSA) is 114 Å². The standard InChI is InChI=1S/C67H129N2O7P/c1-7-10-13-16-19-22-25-28-29-30-31-32-33-34-35-36-37-38-39-42-44-47-50-53-56-59-66(70)68-64(63-75-77(72,73)74-62-61-69(4,5)6)65(58-55-52-49-46-43-40-26-23-20-17-14-11-8-2)76-67(71)60-57-54-51-48-45-41-27-24-21-18-15-12-9-3/h28-29,41,45,55,58,64-65H,7-27,30-40,42-44,46-54,56-57,59-63H2,1-6H3,(H-,68,70,72,73)/b29-28+,45-41-,58-55-. The minimum atomic E-state index is -4.70. The predicted octanol–water partition coefficient (Wildman–Crippen LogP) is 20.0. The van der Waals surface area contributed by atoms with Gasteiger partial charge < -0.3 is 28.5 Å². The summed E-state index contributed by atoms with van der Waals surface area (Å²) < 4.78 is 30.3. The molecule has 0 bridgehead atoms. The monoisotopic (exact) mass is 1100 g/mol. The molecule has 0 aromatic heterocycles. The largest absolute Gasteiger partial charge is 0.756 e. The Labute approximate surface area is 478 Å². The molecule has 10 heteroatoms. The third kappa shape index (κ3) is 58.7. The van der Waals surface area contributed by atoms with E-state index in [1.807, 2.05) is 33.3 Å². The predicted molar refractivity (Wildman–Crippen MR) is 330 cm³/mol. The van der Waals surface area contributed by atoms with Crippen molar-refractivity contribution in [3.8, 4) is 0 Å². The van der Waals surface area contributed by atoms with Gasteiger partial charge in [0.05, 0.1) is 33.8 Å². The highest BCUT2D eigenvalue weighted by molar-refractivity contribution is 7.45. The molecule has 1 N–H and O–H groups in total. The highest BCUT2D eigenvalue weighted by Crippen LogP contribution is 2.38. The first-order valence-electron chi connectivity index (χ1n) is 33.3. The first-order valence-corrected chi connectivity index (χ1v) is 34.8. The average molecular weight is 1110 g/mol. The van der Waals surface area contributed by atoms with Crippen molar-refractivity contribution in [2.75, 3.05) is 40.9 Å².